The summed E-state index contributed by atoms with van der Waals surface area (Å²) >= 11 is 0. The van der Waals surface area contributed by atoms with Crippen LogP contribution in [0.15, 0.2) is 0 Å². The van der Waals surface area contributed by atoms with Crippen LogP contribution in [-0.2, 0) is 37.5 Å². The van der Waals surface area contributed by atoms with Gasteiger partial charge >= 0.3 is 27.8 Å². The Morgan fingerprint density at radius 2 is 1.29 bits per heavy atom. The second kappa shape index (κ2) is 15.9. The lowest BCUT2D eigenvalue weighted by Gasteiger charge is -2.23. The fourth-order valence-electron chi connectivity index (χ4n) is 4.29. The SMILES string of the molecule is CCC(C)(OCC(=O)OC1CCCCC1)[P+](=O)CCCC[P+](=O)OCC(=O)OC1CCCCC1. The van der Waals surface area contributed by atoms with Crippen molar-refractivity contribution in [3.63, 3.8) is 0 Å². The molecule has 3 atom stereocenters. The van der Waals surface area contributed by atoms with Crippen molar-refractivity contribution >= 4 is 27.8 Å². The molecule has 194 valence electrons. The van der Waals surface area contributed by atoms with Crippen LogP contribution in [-0.4, -0.2) is 55.0 Å². The molecule has 8 nitrogen and oxygen atoms in total. The zero-order chi connectivity index (χ0) is 24.8. The van der Waals surface area contributed by atoms with Crippen molar-refractivity contribution in [2.45, 2.75) is 115 Å². The van der Waals surface area contributed by atoms with E-state index in [-0.39, 0.29) is 25.4 Å². The first-order valence-corrected chi connectivity index (χ1v) is 15.7. The Balaban J connectivity index is 1.58. The maximum absolute atomic E-state index is 12.9. The van der Waals surface area contributed by atoms with E-state index in [0.29, 0.717) is 31.6 Å². The topological polar surface area (TPSA) is 105 Å². The molecule has 2 rings (SSSR count). The first kappa shape index (κ1) is 29.3. The van der Waals surface area contributed by atoms with E-state index in [9.17, 15) is 18.7 Å². The van der Waals surface area contributed by atoms with E-state index < -0.39 is 33.1 Å². The maximum atomic E-state index is 12.9. The lowest BCUT2D eigenvalue weighted by molar-refractivity contribution is -0.159. The quantitative estimate of drug-likeness (QED) is 0.142. The summed E-state index contributed by atoms with van der Waals surface area (Å²) in [7, 11) is -3.69. The molecule has 2 saturated carbocycles. The molecule has 0 saturated heterocycles. The Kier molecular flexibility index (Phi) is 13.7. The fraction of sp³-hybridized carbons (Fsp3) is 0.917. The summed E-state index contributed by atoms with van der Waals surface area (Å²) in [6.07, 6.45) is 12.6. The highest BCUT2D eigenvalue weighted by molar-refractivity contribution is 7.46. The standard InChI is InChI=1S/C24H42O8P2/c1-3-24(2,29-18-22(25)31-20-12-6-4-7-13-20)33(27)16-10-11-17-34(28)30-19-23(26)32-21-14-8-5-9-15-21/h20-21H,3-19H2,1-2H3/q+2. The van der Waals surface area contributed by atoms with Gasteiger partial charge in [-0.1, -0.05) is 24.3 Å². The number of esters is 2. The van der Waals surface area contributed by atoms with Gasteiger partial charge in [0.1, 0.15) is 25.0 Å². The van der Waals surface area contributed by atoms with Crippen LogP contribution in [0.2, 0.25) is 0 Å². The monoisotopic (exact) mass is 520 g/mol. The van der Waals surface area contributed by atoms with Crippen molar-refractivity contribution in [3.05, 3.63) is 0 Å². The summed E-state index contributed by atoms with van der Waals surface area (Å²) < 4.78 is 46.6. The lowest BCUT2D eigenvalue weighted by Crippen LogP contribution is -2.30. The van der Waals surface area contributed by atoms with Gasteiger partial charge in [-0.2, -0.15) is 0 Å². The number of ether oxygens (including phenoxy) is 3. The molecule has 2 fully saturated rings. The summed E-state index contributed by atoms with van der Waals surface area (Å²) in [4.78, 5) is 24.0. The Morgan fingerprint density at radius 1 is 0.794 bits per heavy atom. The van der Waals surface area contributed by atoms with Crippen molar-refractivity contribution in [1.82, 2.24) is 0 Å². The van der Waals surface area contributed by atoms with Crippen molar-refractivity contribution in [2.24, 2.45) is 0 Å². The van der Waals surface area contributed by atoms with Crippen molar-refractivity contribution in [3.8, 4) is 0 Å². The third kappa shape index (κ3) is 11.2. The predicted octanol–water partition coefficient (Wildman–Crippen LogP) is 6.25. The molecule has 0 amide bonds. The zero-order valence-electron chi connectivity index (χ0n) is 20.8. The van der Waals surface area contributed by atoms with Gasteiger partial charge in [0.2, 0.25) is 0 Å². The molecule has 34 heavy (non-hydrogen) atoms. The Bertz CT molecular complexity index is 674. The summed E-state index contributed by atoms with van der Waals surface area (Å²) in [6.45, 7) is 3.16. The molecule has 0 aliphatic heterocycles. The van der Waals surface area contributed by atoms with E-state index in [0.717, 1.165) is 51.4 Å². The van der Waals surface area contributed by atoms with Gasteiger partial charge in [-0.25, -0.2) is 9.59 Å². The van der Waals surface area contributed by atoms with Gasteiger partial charge in [0.25, 0.3) is 5.34 Å². The average molecular weight is 521 g/mol. The van der Waals surface area contributed by atoms with Gasteiger partial charge in [0.15, 0.2) is 12.8 Å². The molecule has 0 bridgehead atoms. The number of unbranched alkanes of at least 4 members (excludes halogenated alkanes) is 1. The first-order valence-electron chi connectivity index (χ1n) is 12.9. The largest absolute Gasteiger partial charge is 0.508 e. The van der Waals surface area contributed by atoms with Crippen LogP contribution >= 0.6 is 15.8 Å². The molecule has 0 radical (unpaired) electrons. The van der Waals surface area contributed by atoms with Crippen LogP contribution in [0, 0.1) is 0 Å². The summed E-state index contributed by atoms with van der Waals surface area (Å²) in [5.41, 5.74) is 0. The minimum Gasteiger partial charge on any atom is -0.461 e. The highest BCUT2D eigenvalue weighted by atomic mass is 31.1. The molecular formula is C24H42O8P2+2. The molecule has 0 aromatic heterocycles. The molecule has 0 aromatic carbocycles. The number of carbonyl (C=O) groups is 2. The summed E-state index contributed by atoms with van der Waals surface area (Å²) in [6, 6.07) is 0. The lowest BCUT2D eigenvalue weighted by atomic mass is 9.98. The molecule has 3 unspecified atom stereocenters. The maximum Gasteiger partial charge on any atom is 0.508 e. The van der Waals surface area contributed by atoms with Crippen LogP contribution in [0.25, 0.3) is 0 Å². The second-order valence-electron chi connectivity index (χ2n) is 9.46. The van der Waals surface area contributed by atoms with Gasteiger partial charge in [-0.05, 0) is 68.8 Å². The van der Waals surface area contributed by atoms with Crippen molar-refractivity contribution in [2.75, 3.05) is 25.5 Å². The minimum atomic E-state index is -1.96. The van der Waals surface area contributed by atoms with Gasteiger partial charge in [-0.15, -0.1) is 4.52 Å². The number of hydrogen-bond donors (Lipinski definition) is 0. The van der Waals surface area contributed by atoms with Crippen LogP contribution < -0.4 is 0 Å². The first-order chi connectivity index (χ1) is 16.3. The second-order valence-corrected chi connectivity index (χ2v) is 13.0. The number of hydrogen-bond acceptors (Lipinski definition) is 8. The van der Waals surface area contributed by atoms with E-state index in [2.05, 4.69) is 0 Å². The highest BCUT2D eigenvalue weighted by Gasteiger charge is 2.44. The number of carbonyl (C=O) groups excluding carboxylic acids is 2. The summed E-state index contributed by atoms with van der Waals surface area (Å²) in [5.74, 6) is -0.859. The normalized spacial score (nSPS) is 20.3. The van der Waals surface area contributed by atoms with Crippen LogP contribution in [0.1, 0.15) is 97.3 Å². The predicted molar refractivity (Wildman–Crippen MR) is 131 cm³/mol. The minimum absolute atomic E-state index is 0.0233. The zero-order valence-corrected chi connectivity index (χ0v) is 22.6. The molecule has 0 aromatic rings. The van der Waals surface area contributed by atoms with Crippen LogP contribution in [0.3, 0.4) is 0 Å². The van der Waals surface area contributed by atoms with E-state index in [1.807, 2.05) is 6.92 Å². The molecular weight excluding hydrogens is 478 g/mol. The van der Waals surface area contributed by atoms with Crippen LogP contribution in [0.4, 0.5) is 0 Å². The molecule has 0 N–H and O–H groups in total. The molecule has 0 spiro atoms. The highest BCUT2D eigenvalue weighted by Crippen LogP contribution is 2.43. The summed E-state index contributed by atoms with van der Waals surface area (Å²) in [5, 5.41) is -0.900. The van der Waals surface area contributed by atoms with Gasteiger partial charge < -0.3 is 14.2 Å². The van der Waals surface area contributed by atoms with Crippen molar-refractivity contribution < 1.29 is 37.5 Å². The fourth-order valence-corrected chi connectivity index (χ4v) is 6.70. The van der Waals surface area contributed by atoms with Gasteiger partial charge in [0.05, 0.1) is 0 Å². The average Bonchev–Trinajstić information content (AvgIpc) is 2.85. The number of rotatable bonds is 15. The third-order valence-electron chi connectivity index (χ3n) is 6.66. The molecule has 10 heteroatoms. The Labute approximate surface area is 205 Å². The van der Waals surface area contributed by atoms with E-state index in [4.69, 9.17) is 18.7 Å². The molecule has 0 heterocycles. The molecule has 2 aliphatic rings. The van der Waals surface area contributed by atoms with E-state index >= 15 is 0 Å². The Hall–Kier alpha value is -0.940. The van der Waals surface area contributed by atoms with Gasteiger partial charge in [0, 0.05) is 13.3 Å². The van der Waals surface area contributed by atoms with Crippen LogP contribution in [0.5, 0.6) is 0 Å². The molecule has 2 aliphatic carbocycles. The van der Waals surface area contributed by atoms with Crippen molar-refractivity contribution in [1.29, 1.82) is 0 Å². The van der Waals surface area contributed by atoms with E-state index in [1.165, 1.54) is 12.8 Å². The smallest absolute Gasteiger partial charge is 0.461 e. The van der Waals surface area contributed by atoms with E-state index in [1.54, 1.807) is 6.92 Å². The Morgan fingerprint density at radius 3 is 1.82 bits per heavy atom. The third-order valence-corrected chi connectivity index (χ3v) is 9.98. The van der Waals surface area contributed by atoms with Gasteiger partial charge in [-0.3, -0.25) is 0 Å².